The number of rotatable bonds is 2. The summed E-state index contributed by atoms with van der Waals surface area (Å²) in [5.74, 6) is 0. The van der Waals surface area contributed by atoms with Crippen LogP contribution in [0.3, 0.4) is 0 Å². The Morgan fingerprint density at radius 2 is 1.94 bits per heavy atom. The maximum atomic E-state index is 6.08. The van der Waals surface area contributed by atoms with Crippen LogP contribution in [0.1, 0.15) is 18.5 Å². The highest BCUT2D eigenvalue weighted by Gasteiger charge is 2.22. The van der Waals surface area contributed by atoms with Crippen molar-refractivity contribution in [1.82, 2.24) is 9.76 Å². The molecule has 3 N–H and O–H groups in total. The minimum Gasteiger partial charge on any atom is -0.340 e. The molecule has 1 aliphatic rings. The van der Waals surface area contributed by atoms with Crippen molar-refractivity contribution >= 4 is 19.1 Å². The molecule has 2 aromatic rings. The summed E-state index contributed by atoms with van der Waals surface area (Å²) >= 11 is 0. The summed E-state index contributed by atoms with van der Waals surface area (Å²) in [6, 6.07) is 15.2. The van der Waals surface area contributed by atoms with E-state index in [1.54, 1.807) is 0 Å². The van der Waals surface area contributed by atoms with E-state index in [-0.39, 0.29) is 6.04 Å². The fourth-order valence-corrected chi connectivity index (χ4v) is 3.46. The first-order valence-electron chi connectivity index (χ1n) is 6.01. The van der Waals surface area contributed by atoms with Gasteiger partial charge in [0.05, 0.1) is 6.04 Å². The van der Waals surface area contributed by atoms with Crippen LogP contribution in [0, 0.1) is 0 Å². The van der Waals surface area contributed by atoms with Gasteiger partial charge in [-0.1, -0.05) is 42.5 Å². The van der Waals surface area contributed by atoms with Gasteiger partial charge in [-0.05, 0) is 23.3 Å². The van der Waals surface area contributed by atoms with Crippen LogP contribution in [0.4, 0.5) is 0 Å². The number of hydrogen-bond acceptors (Lipinski definition) is 3. The Kier molecular flexibility index (Phi) is 2.94. The number of nitrogens with zero attached hydrogens (tertiary/aromatic N) is 1. The number of nitrogens with two attached hydrogens (primary N) is 1. The molecule has 0 saturated carbocycles. The Hall–Kier alpha value is -1.57. The van der Waals surface area contributed by atoms with Gasteiger partial charge in [-0.3, -0.25) is 5.50 Å². The molecule has 1 unspecified atom stereocenters. The van der Waals surface area contributed by atoms with Crippen molar-refractivity contribution in [2.24, 2.45) is 5.50 Å². The molecule has 0 saturated heterocycles. The van der Waals surface area contributed by atoms with E-state index in [4.69, 9.17) is 5.50 Å². The topological polar surface area (TPSA) is 41.3 Å². The van der Waals surface area contributed by atoms with Gasteiger partial charge in [0.1, 0.15) is 0 Å². The van der Waals surface area contributed by atoms with E-state index < -0.39 is 8.37 Å². The fraction of sp³-hybridized carbons (Fsp3) is 0.143. The molecule has 3 rings (SSSR count). The fourth-order valence-electron chi connectivity index (χ4n) is 2.40. The van der Waals surface area contributed by atoms with Crippen LogP contribution in [0.2, 0.25) is 0 Å². The van der Waals surface area contributed by atoms with Crippen LogP contribution in [0.5, 0.6) is 0 Å². The lowest BCUT2D eigenvalue weighted by Crippen LogP contribution is -2.20. The molecule has 18 heavy (non-hydrogen) atoms. The van der Waals surface area contributed by atoms with Crippen molar-refractivity contribution in [3.05, 3.63) is 60.4 Å². The number of benzene rings is 2. The molecule has 0 aliphatic carbocycles. The lowest BCUT2D eigenvalue weighted by Gasteiger charge is -2.28. The van der Waals surface area contributed by atoms with E-state index in [1.807, 2.05) is 12.4 Å². The summed E-state index contributed by atoms with van der Waals surface area (Å²) in [7, 11) is -0.775. The highest BCUT2D eigenvalue weighted by atomic mass is 31.1. The molecule has 0 spiro atoms. The van der Waals surface area contributed by atoms with Gasteiger partial charge in [0, 0.05) is 12.4 Å². The summed E-state index contributed by atoms with van der Waals surface area (Å²) in [6.45, 7) is 2.20. The van der Waals surface area contributed by atoms with E-state index in [1.165, 1.54) is 16.3 Å². The van der Waals surface area contributed by atoms with Gasteiger partial charge in [-0.15, -0.1) is 0 Å². The SMILES string of the molecule is C[C@H](c1cccc2ccccc12)N1C=CNP1N. The van der Waals surface area contributed by atoms with E-state index in [0.29, 0.717) is 0 Å². The van der Waals surface area contributed by atoms with E-state index in [2.05, 4.69) is 59.1 Å². The molecule has 1 heterocycles. The highest BCUT2D eigenvalue weighted by Crippen LogP contribution is 2.41. The Balaban J connectivity index is 2.06. The Morgan fingerprint density at radius 3 is 2.72 bits per heavy atom. The largest absolute Gasteiger partial charge is 0.340 e. The minimum absolute atomic E-state index is 0.276. The van der Waals surface area contributed by atoms with Gasteiger partial charge in [0.15, 0.2) is 8.37 Å². The van der Waals surface area contributed by atoms with Gasteiger partial charge < -0.3 is 9.76 Å². The molecule has 0 fully saturated rings. The third-order valence-corrected chi connectivity index (χ3v) is 4.74. The van der Waals surface area contributed by atoms with Crippen molar-refractivity contribution in [2.45, 2.75) is 13.0 Å². The van der Waals surface area contributed by atoms with Crippen molar-refractivity contribution in [3.8, 4) is 0 Å². The summed E-state index contributed by atoms with van der Waals surface area (Å²) in [5.41, 5.74) is 7.40. The summed E-state index contributed by atoms with van der Waals surface area (Å²) in [5, 5.41) is 5.74. The molecular formula is C14H16N3P. The van der Waals surface area contributed by atoms with Crippen LogP contribution in [-0.2, 0) is 0 Å². The molecule has 0 amide bonds. The average molecular weight is 257 g/mol. The van der Waals surface area contributed by atoms with Crippen LogP contribution in [-0.4, -0.2) is 4.67 Å². The van der Waals surface area contributed by atoms with Crippen molar-refractivity contribution in [3.63, 3.8) is 0 Å². The van der Waals surface area contributed by atoms with Gasteiger partial charge in [0.25, 0.3) is 0 Å². The summed E-state index contributed by atoms with van der Waals surface area (Å²) in [4.78, 5) is 0. The third-order valence-electron chi connectivity index (χ3n) is 3.35. The van der Waals surface area contributed by atoms with Crippen molar-refractivity contribution in [1.29, 1.82) is 0 Å². The molecule has 3 nitrogen and oxygen atoms in total. The predicted octanol–water partition coefficient (Wildman–Crippen LogP) is 3.46. The Labute approximate surface area is 108 Å². The second kappa shape index (κ2) is 4.60. The smallest absolute Gasteiger partial charge is 0.169 e. The zero-order valence-corrected chi connectivity index (χ0v) is 11.1. The van der Waals surface area contributed by atoms with Crippen LogP contribution >= 0.6 is 8.37 Å². The molecule has 2 aromatic carbocycles. The molecule has 92 valence electrons. The van der Waals surface area contributed by atoms with Crippen LogP contribution in [0.15, 0.2) is 54.9 Å². The molecule has 0 bridgehead atoms. The van der Waals surface area contributed by atoms with Crippen molar-refractivity contribution in [2.75, 3.05) is 0 Å². The molecular weight excluding hydrogens is 241 g/mol. The molecule has 2 atom stereocenters. The quantitative estimate of drug-likeness (QED) is 0.809. The summed E-state index contributed by atoms with van der Waals surface area (Å²) < 4.78 is 2.19. The molecule has 4 heteroatoms. The van der Waals surface area contributed by atoms with E-state index in [0.717, 1.165) is 0 Å². The highest BCUT2D eigenvalue weighted by molar-refractivity contribution is 7.51. The third kappa shape index (κ3) is 1.86. The first-order valence-corrected chi connectivity index (χ1v) is 7.37. The van der Waals surface area contributed by atoms with Gasteiger partial charge >= 0.3 is 0 Å². The molecule has 1 aliphatic heterocycles. The normalized spacial score (nSPS) is 20.1. The van der Waals surface area contributed by atoms with E-state index >= 15 is 0 Å². The lowest BCUT2D eigenvalue weighted by molar-refractivity contribution is 0.487. The van der Waals surface area contributed by atoms with Crippen molar-refractivity contribution < 1.29 is 0 Å². The zero-order valence-electron chi connectivity index (χ0n) is 10.2. The zero-order chi connectivity index (χ0) is 12.5. The Bertz CT molecular complexity index is 591. The first-order chi connectivity index (χ1) is 8.77. The number of hydrogen-bond donors (Lipinski definition) is 2. The van der Waals surface area contributed by atoms with Gasteiger partial charge in [-0.25, -0.2) is 0 Å². The first kappa shape index (κ1) is 11.5. The maximum Gasteiger partial charge on any atom is 0.169 e. The second-order valence-electron chi connectivity index (χ2n) is 4.41. The molecule has 0 aromatic heterocycles. The summed E-state index contributed by atoms with van der Waals surface area (Å²) in [6.07, 6.45) is 3.96. The lowest BCUT2D eigenvalue weighted by atomic mass is 10.00. The maximum absolute atomic E-state index is 6.08. The van der Waals surface area contributed by atoms with Crippen LogP contribution < -0.4 is 10.6 Å². The number of fused-ring (bicyclic) bond motifs is 1. The average Bonchev–Trinajstić information content (AvgIpc) is 2.83. The second-order valence-corrected chi connectivity index (χ2v) is 5.82. The predicted molar refractivity (Wildman–Crippen MR) is 77.6 cm³/mol. The number of nitrogens with one attached hydrogen (secondary N) is 1. The van der Waals surface area contributed by atoms with E-state index in [9.17, 15) is 0 Å². The van der Waals surface area contributed by atoms with Crippen LogP contribution in [0.25, 0.3) is 10.8 Å². The van der Waals surface area contributed by atoms with Gasteiger partial charge in [-0.2, -0.15) is 0 Å². The molecule has 0 radical (unpaired) electrons. The minimum atomic E-state index is -0.775. The monoisotopic (exact) mass is 257 g/mol. The standard InChI is InChI=1S/C14H16N3P/c1-11(17-10-9-16-18(17)15)13-8-4-6-12-5-2-3-7-14(12)13/h2-11,16H,15H2,1H3/t11-,18?/m1/s1. The van der Waals surface area contributed by atoms with Gasteiger partial charge in [0.2, 0.25) is 0 Å². The Morgan fingerprint density at radius 1 is 1.17 bits per heavy atom.